The van der Waals surface area contributed by atoms with Gasteiger partial charge in [0.2, 0.25) is 0 Å². The molecule has 0 aromatic heterocycles. The van der Waals surface area contributed by atoms with E-state index in [1.807, 2.05) is 0 Å². The Morgan fingerprint density at radius 1 is 0.818 bits per heavy atom. The number of ether oxygens (including phenoxy) is 1. The molecule has 0 fully saturated rings. The SMILES string of the molecule is CC(C)=c1ccc2c(c1C1C(OCCO[Si](C)(C)C)=Cc3ccccc31)C=c1ccccc1=2. The normalized spacial score (nSPS) is 15.9. The number of hydrogen-bond acceptors (Lipinski definition) is 2. The third-order valence-corrected chi connectivity index (χ3v) is 7.51. The van der Waals surface area contributed by atoms with Crippen LogP contribution >= 0.6 is 0 Å². The van der Waals surface area contributed by atoms with Crippen LogP contribution in [0.5, 0.6) is 0 Å². The minimum atomic E-state index is -1.56. The van der Waals surface area contributed by atoms with E-state index in [9.17, 15) is 0 Å². The second kappa shape index (κ2) is 8.47. The third-order valence-electron chi connectivity index (χ3n) is 6.44. The van der Waals surface area contributed by atoms with Crippen LogP contribution in [-0.4, -0.2) is 21.5 Å². The minimum absolute atomic E-state index is 0.0819. The highest BCUT2D eigenvalue weighted by atomic mass is 28.4. The highest BCUT2D eigenvalue weighted by Gasteiger charge is 2.31. The Morgan fingerprint density at radius 3 is 2.36 bits per heavy atom. The van der Waals surface area contributed by atoms with Crippen LogP contribution in [-0.2, 0) is 9.16 Å². The van der Waals surface area contributed by atoms with Gasteiger partial charge >= 0.3 is 0 Å². The molecule has 3 aromatic rings. The van der Waals surface area contributed by atoms with Crippen molar-refractivity contribution in [3.8, 4) is 0 Å². The van der Waals surface area contributed by atoms with Crippen LogP contribution in [0.2, 0.25) is 19.6 Å². The molecule has 2 aliphatic rings. The molecule has 3 aromatic carbocycles. The number of fused-ring (bicyclic) bond motifs is 3. The monoisotopic (exact) mass is 452 g/mol. The second-order valence-corrected chi connectivity index (χ2v) is 14.7. The predicted molar refractivity (Wildman–Crippen MR) is 140 cm³/mol. The van der Waals surface area contributed by atoms with Gasteiger partial charge in [0.05, 0.1) is 12.5 Å². The van der Waals surface area contributed by atoms with E-state index >= 15 is 0 Å². The molecule has 0 N–H and O–H groups in total. The third kappa shape index (κ3) is 4.12. The molecule has 1 unspecified atom stereocenters. The van der Waals surface area contributed by atoms with Crippen LogP contribution in [0.3, 0.4) is 0 Å². The van der Waals surface area contributed by atoms with Gasteiger partial charge in [0.1, 0.15) is 12.4 Å². The maximum Gasteiger partial charge on any atom is 0.183 e. The Hall–Kier alpha value is -2.88. The molecule has 33 heavy (non-hydrogen) atoms. The molecule has 0 saturated heterocycles. The van der Waals surface area contributed by atoms with Crippen molar-refractivity contribution in [2.24, 2.45) is 0 Å². The first-order valence-electron chi connectivity index (χ1n) is 11.8. The maximum absolute atomic E-state index is 6.45. The van der Waals surface area contributed by atoms with Gasteiger partial charge < -0.3 is 9.16 Å². The van der Waals surface area contributed by atoms with Gasteiger partial charge in [0, 0.05) is 0 Å². The lowest BCUT2D eigenvalue weighted by Gasteiger charge is -2.23. The Labute approximate surface area is 197 Å². The Kier molecular flexibility index (Phi) is 5.63. The summed E-state index contributed by atoms with van der Waals surface area (Å²) in [6.07, 6.45) is 4.59. The van der Waals surface area contributed by atoms with Crippen molar-refractivity contribution in [3.63, 3.8) is 0 Å². The minimum Gasteiger partial charge on any atom is -0.495 e. The Balaban J connectivity index is 1.66. The van der Waals surface area contributed by atoms with Crippen LogP contribution < -0.4 is 10.4 Å². The largest absolute Gasteiger partial charge is 0.495 e. The van der Waals surface area contributed by atoms with Crippen LogP contribution in [0.4, 0.5) is 0 Å². The molecule has 0 radical (unpaired) electrons. The van der Waals surface area contributed by atoms with Crippen LogP contribution in [0.15, 0.2) is 66.4 Å². The maximum atomic E-state index is 6.45. The van der Waals surface area contributed by atoms with Crippen LogP contribution in [0.25, 0.3) is 17.7 Å². The molecule has 1 atom stereocenters. The molecule has 0 heterocycles. The van der Waals surface area contributed by atoms with Gasteiger partial charge in [-0.15, -0.1) is 0 Å². The molecular weight excluding hydrogens is 420 g/mol. The molecule has 5 rings (SSSR count). The van der Waals surface area contributed by atoms with Crippen LogP contribution in [0, 0.1) is 10.4 Å². The number of hydrogen-bond donors (Lipinski definition) is 0. The number of allylic oxidation sites excluding steroid dienone is 1. The summed E-state index contributed by atoms with van der Waals surface area (Å²) in [5, 5.41) is 5.24. The average molecular weight is 453 g/mol. The van der Waals surface area contributed by atoms with Crippen molar-refractivity contribution < 1.29 is 9.16 Å². The van der Waals surface area contributed by atoms with E-state index < -0.39 is 8.32 Å². The molecule has 0 spiro atoms. The molecule has 0 amide bonds. The van der Waals surface area contributed by atoms with Gasteiger partial charge in [-0.2, -0.15) is 0 Å². The zero-order chi connectivity index (χ0) is 23.2. The number of benzene rings is 3. The lowest BCUT2D eigenvalue weighted by atomic mass is 9.85. The number of rotatable bonds is 6. The molecule has 0 saturated carbocycles. The van der Waals surface area contributed by atoms with E-state index in [1.54, 1.807) is 0 Å². The van der Waals surface area contributed by atoms with Crippen LogP contribution in [0.1, 0.15) is 42.0 Å². The first-order valence-corrected chi connectivity index (χ1v) is 15.2. The lowest BCUT2D eigenvalue weighted by molar-refractivity contribution is 0.148. The van der Waals surface area contributed by atoms with Gasteiger partial charge in [-0.25, -0.2) is 0 Å². The molecule has 0 aliphatic heterocycles. The second-order valence-electron chi connectivity index (χ2n) is 10.1. The summed E-state index contributed by atoms with van der Waals surface area (Å²) in [7, 11) is -1.56. The molecular formula is C30H32O2Si. The summed E-state index contributed by atoms with van der Waals surface area (Å²) < 4.78 is 12.5. The smallest absolute Gasteiger partial charge is 0.183 e. The Morgan fingerprint density at radius 2 is 1.58 bits per heavy atom. The van der Waals surface area contributed by atoms with E-state index in [0.717, 1.165) is 5.76 Å². The summed E-state index contributed by atoms with van der Waals surface area (Å²) >= 11 is 0. The van der Waals surface area contributed by atoms with Crippen molar-refractivity contribution in [1.82, 2.24) is 0 Å². The van der Waals surface area contributed by atoms with E-state index in [4.69, 9.17) is 9.16 Å². The van der Waals surface area contributed by atoms with Gasteiger partial charge in [0.15, 0.2) is 8.32 Å². The van der Waals surface area contributed by atoms with Crippen molar-refractivity contribution in [2.45, 2.75) is 39.4 Å². The highest BCUT2D eigenvalue weighted by molar-refractivity contribution is 6.69. The summed E-state index contributed by atoms with van der Waals surface area (Å²) in [6, 6.07) is 22.0. The highest BCUT2D eigenvalue weighted by Crippen LogP contribution is 2.42. The zero-order valence-corrected chi connectivity index (χ0v) is 21.2. The lowest BCUT2D eigenvalue weighted by Crippen LogP contribution is -2.27. The molecule has 2 aliphatic carbocycles. The zero-order valence-electron chi connectivity index (χ0n) is 20.2. The molecule has 2 nitrogen and oxygen atoms in total. The fourth-order valence-electron chi connectivity index (χ4n) is 5.02. The van der Waals surface area contributed by atoms with Gasteiger partial charge in [-0.05, 0) is 88.8 Å². The first-order chi connectivity index (χ1) is 15.8. The summed E-state index contributed by atoms with van der Waals surface area (Å²) in [6.45, 7) is 12.3. The summed E-state index contributed by atoms with van der Waals surface area (Å²) in [4.78, 5) is 0. The predicted octanol–water partition coefficient (Wildman–Crippen LogP) is 5.66. The van der Waals surface area contributed by atoms with Gasteiger partial charge in [-0.3, -0.25) is 0 Å². The summed E-state index contributed by atoms with van der Waals surface area (Å²) in [5.74, 6) is 1.11. The standard InChI is InChI=1S/C30H32O2Si/c1-20(2)23-14-15-26-24-12-8-6-10-21(24)18-27(26)29(23)30-25-13-9-7-11-22(25)19-28(30)31-16-17-32-33(3,4)5/h6-15,18-19,30H,16-17H2,1-5H3. The van der Waals surface area contributed by atoms with E-state index in [1.165, 1.54) is 48.7 Å². The van der Waals surface area contributed by atoms with Gasteiger partial charge in [0.25, 0.3) is 0 Å². The van der Waals surface area contributed by atoms with Crippen molar-refractivity contribution >= 4 is 26.0 Å². The topological polar surface area (TPSA) is 18.5 Å². The van der Waals surface area contributed by atoms with Crippen molar-refractivity contribution in [3.05, 3.63) is 110 Å². The van der Waals surface area contributed by atoms with E-state index in [2.05, 4.69) is 106 Å². The first kappa shape index (κ1) is 21.9. The van der Waals surface area contributed by atoms with Crippen molar-refractivity contribution in [2.75, 3.05) is 13.2 Å². The molecule has 0 bridgehead atoms. The van der Waals surface area contributed by atoms with Gasteiger partial charge in [-0.1, -0.05) is 66.2 Å². The van der Waals surface area contributed by atoms with E-state index in [0.29, 0.717) is 13.2 Å². The van der Waals surface area contributed by atoms with E-state index in [-0.39, 0.29) is 5.92 Å². The summed E-state index contributed by atoms with van der Waals surface area (Å²) in [5.41, 5.74) is 6.56. The van der Waals surface area contributed by atoms with Crippen molar-refractivity contribution in [1.29, 1.82) is 0 Å². The average Bonchev–Trinajstić information content (AvgIpc) is 3.33. The molecule has 3 heteroatoms. The quantitative estimate of drug-likeness (QED) is 0.278. The fourth-order valence-corrected chi connectivity index (χ4v) is 5.72. The fraction of sp³-hybridized carbons (Fsp3) is 0.267. The molecule has 168 valence electrons. The Bertz CT molecular complexity index is 1470.